The van der Waals surface area contributed by atoms with E-state index in [1.165, 1.54) is 81.8 Å². The Morgan fingerprint density at radius 2 is 1.38 bits per heavy atom. The number of hydrogen-bond acceptors (Lipinski definition) is 2. The summed E-state index contributed by atoms with van der Waals surface area (Å²) in [6.45, 7) is 2.06. The molecule has 2 aromatic rings. The summed E-state index contributed by atoms with van der Waals surface area (Å²) in [4.78, 5) is 6.55. The summed E-state index contributed by atoms with van der Waals surface area (Å²) >= 11 is 0. The predicted octanol–water partition coefficient (Wildman–Crippen LogP) is 7.21. The molecule has 0 fully saturated rings. The van der Waals surface area contributed by atoms with Crippen LogP contribution in [-0.4, -0.2) is 23.5 Å². The van der Waals surface area contributed by atoms with Crippen molar-refractivity contribution >= 4 is 0 Å². The van der Waals surface area contributed by atoms with Crippen molar-refractivity contribution in [3.8, 4) is 0 Å². The molecule has 0 aliphatic carbocycles. The van der Waals surface area contributed by atoms with Gasteiger partial charge in [-0.2, -0.15) is 0 Å². The van der Waals surface area contributed by atoms with Crippen molar-refractivity contribution in [3.63, 3.8) is 0 Å². The molecule has 0 amide bonds. The molecule has 2 rings (SSSR count). The Balaban J connectivity index is 1.33. The lowest BCUT2D eigenvalue weighted by Crippen LogP contribution is -2.17. The number of allylic oxidation sites excluding steroid dienone is 1. The molecule has 0 saturated carbocycles. The Labute approximate surface area is 179 Å². The number of hydrogen-bond donors (Lipinski definition) is 0. The molecule has 29 heavy (non-hydrogen) atoms. The third-order valence-corrected chi connectivity index (χ3v) is 5.44. The molecule has 0 radical (unpaired) electrons. The Morgan fingerprint density at radius 1 is 0.724 bits per heavy atom. The molecule has 0 saturated heterocycles. The average Bonchev–Trinajstić information content (AvgIpc) is 2.75. The number of rotatable bonds is 16. The lowest BCUT2D eigenvalue weighted by Gasteiger charge is -2.14. The van der Waals surface area contributed by atoms with Gasteiger partial charge in [-0.1, -0.05) is 93.5 Å². The normalized spacial score (nSPS) is 11.5. The predicted molar refractivity (Wildman–Crippen MR) is 126 cm³/mol. The van der Waals surface area contributed by atoms with Gasteiger partial charge in [-0.25, -0.2) is 0 Å². The average molecular weight is 393 g/mol. The zero-order valence-corrected chi connectivity index (χ0v) is 18.4. The van der Waals surface area contributed by atoms with Gasteiger partial charge in [0.05, 0.1) is 0 Å². The number of unbranched alkanes of at least 4 members (excludes halogenated alkanes) is 9. The van der Waals surface area contributed by atoms with Crippen LogP contribution in [0.1, 0.15) is 75.3 Å². The van der Waals surface area contributed by atoms with Crippen LogP contribution >= 0.6 is 0 Å². The van der Waals surface area contributed by atoms with E-state index >= 15 is 0 Å². The summed E-state index contributed by atoms with van der Waals surface area (Å²) < 4.78 is 0. The van der Waals surface area contributed by atoms with E-state index in [1.54, 1.807) is 0 Å². The molecule has 0 spiro atoms. The fourth-order valence-corrected chi connectivity index (χ4v) is 3.71. The van der Waals surface area contributed by atoms with Crippen LogP contribution in [0.2, 0.25) is 0 Å². The van der Waals surface area contributed by atoms with E-state index in [0.717, 1.165) is 13.1 Å². The fourth-order valence-electron chi connectivity index (χ4n) is 3.71. The van der Waals surface area contributed by atoms with E-state index < -0.39 is 0 Å². The van der Waals surface area contributed by atoms with Gasteiger partial charge in [0.1, 0.15) is 0 Å². The van der Waals surface area contributed by atoms with E-state index in [4.69, 9.17) is 0 Å². The van der Waals surface area contributed by atoms with Gasteiger partial charge in [0.25, 0.3) is 0 Å². The lowest BCUT2D eigenvalue weighted by atomic mass is 10.0. The second-order valence-corrected chi connectivity index (χ2v) is 8.24. The molecule has 2 heteroatoms. The molecule has 0 bridgehead atoms. The molecule has 0 unspecified atom stereocenters. The summed E-state index contributed by atoms with van der Waals surface area (Å²) in [5, 5.41) is 0. The minimum Gasteiger partial charge on any atom is -0.298 e. The molecule has 0 atom stereocenters. The van der Waals surface area contributed by atoms with Gasteiger partial charge in [-0.05, 0) is 49.9 Å². The minimum atomic E-state index is 1.02. The zero-order valence-electron chi connectivity index (χ0n) is 18.4. The van der Waals surface area contributed by atoms with E-state index in [1.807, 2.05) is 18.5 Å². The summed E-state index contributed by atoms with van der Waals surface area (Å²) in [5.41, 5.74) is 2.77. The summed E-state index contributed by atoms with van der Waals surface area (Å²) in [5.74, 6) is 0. The van der Waals surface area contributed by atoms with Crippen LogP contribution in [0.3, 0.4) is 0 Å². The zero-order chi connectivity index (χ0) is 20.4. The van der Waals surface area contributed by atoms with Crippen molar-refractivity contribution in [2.75, 3.05) is 13.6 Å². The quantitative estimate of drug-likeness (QED) is 0.221. The molecule has 1 heterocycles. The number of aromatic nitrogens is 1. The van der Waals surface area contributed by atoms with E-state index in [0.29, 0.717) is 0 Å². The fraction of sp³-hybridized carbons (Fsp3) is 0.519. The number of pyridine rings is 1. The van der Waals surface area contributed by atoms with E-state index in [9.17, 15) is 0 Å². The van der Waals surface area contributed by atoms with Crippen molar-refractivity contribution in [1.29, 1.82) is 0 Å². The summed E-state index contributed by atoms with van der Waals surface area (Å²) in [7, 11) is 2.19. The number of aryl methyl sites for hydroxylation is 1. The first-order chi connectivity index (χ1) is 14.3. The van der Waals surface area contributed by atoms with Crippen molar-refractivity contribution in [3.05, 3.63) is 78.1 Å². The van der Waals surface area contributed by atoms with Crippen LogP contribution in [0.5, 0.6) is 0 Å². The number of likely N-dealkylation sites (N-methyl/N-ethyl adjacent to an activating group) is 1. The molecule has 0 aliphatic rings. The van der Waals surface area contributed by atoms with Crippen LogP contribution in [0.25, 0.3) is 0 Å². The molecule has 1 aromatic carbocycles. The molecule has 2 nitrogen and oxygen atoms in total. The molecule has 0 N–H and O–H groups in total. The lowest BCUT2D eigenvalue weighted by molar-refractivity contribution is 0.363. The van der Waals surface area contributed by atoms with E-state index in [2.05, 4.69) is 65.5 Å². The maximum atomic E-state index is 4.18. The number of benzene rings is 1. The van der Waals surface area contributed by atoms with Gasteiger partial charge < -0.3 is 0 Å². The molecular weight excluding hydrogens is 352 g/mol. The van der Waals surface area contributed by atoms with Gasteiger partial charge in [-0.3, -0.25) is 9.88 Å². The third-order valence-electron chi connectivity index (χ3n) is 5.44. The highest BCUT2D eigenvalue weighted by molar-refractivity contribution is 5.14. The van der Waals surface area contributed by atoms with Crippen LogP contribution in [0.15, 0.2) is 67.0 Å². The van der Waals surface area contributed by atoms with Crippen molar-refractivity contribution in [2.45, 2.75) is 77.2 Å². The summed E-state index contributed by atoms with van der Waals surface area (Å²) in [6.07, 6.45) is 23.3. The highest BCUT2D eigenvalue weighted by Gasteiger charge is 1.97. The Morgan fingerprint density at radius 3 is 2.07 bits per heavy atom. The maximum absolute atomic E-state index is 4.18. The van der Waals surface area contributed by atoms with Crippen molar-refractivity contribution in [2.24, 2.45) is 0 Å². The highest BCUT2D eigenvalue weighted by Crippen LogP contribution is 2.12. The molecule has 0 aliphatic heterocycles. The SMILES string of the molecule is CN(C/C=C/CCCCCCCCCCCc1cccnc1)Cc1ccccc1. The second kappa shape index (κ2) is 15.9. The Hall–Kier alpha value is -1.93. The Bertz CT molecular complexity index is 636. The Kier molecular flexibility index (Phi) is 12.8. The van der Waals surface area contributed by atoms with E-state index in [-0.39, 0.29) is 0 Å². The minimum absolute atomic E-state index is 1.02. The highest BCUT2D eigenvalue weighted by atomic mass is 15.1. The van der Waals surface area contributed by atoms with Crippen LogP contribution < -0.4 is 0 Å². The maximum Gasteiger partial charge on any atom is 0.0299 e. The molecule has 1 aromatic heterocycles. The van der Waals surface area contributed by atoms with Crippen molar-refractivity contribution in [1.82, 2.24) is 9.88 Å². The first-order valence-electron chi connectivity index (χ1n) is 11.6. The van der Waals surface area contributed by atoms with Gasteiger partial charge in [-0.15, -0.1) is 0 Å². The standard InChI is InChI=1S/C27H40N2/c1-29(25-27-19-14-12-15-20-27)23-16-11-9-7-5-3-2-4-6-8-10-13-18-26-21-17-22-28-24-26/h11-12,14-17,19-22,24H,2-10,13,18,23,25H2,1H3/b16-11+. The van der Waals surface area contributed by atoms with Gasteiger partial charge in [0.15, 0.2) is 0 Å². The first kappa shape index (κ1) is 23.3. The number of nitrogens with zero attached hydrogens (tertiary/aromatic N) is 2. The monoisotopic (exact) mass is 392 g/mol. The third kappa shape index (κ3) is 12.3. The van der Waals surface area contributed by atoms with Gasteiger partial charge in [0.2, 0.25) is 0 Å². The van der Waals surface area contributed by atoms with Crippen LogP contribution in [0.4, 0.5) is 0 Å². The molecular formula is C27H40N2. The largest absolute Gasteiger partial charge is 0.298 e. The summed E-state index contributed by atoms with van der Waals surface area (Å²) in [6, 6.07) is 14.9. The molecule has 158 valence electrons. The van der Waals surface area contributed by atoms with Gasteiger partial charge in [0, 0.05) is 25.5 Å². The van der Waals surface area contributed by atoms with Crippen LogP contribution in [0, 0.1) is 0 Å². The first-order valence-corrected chi connectivity index (χ1v) is 11.6. The van der Waals surface area contributed by atoms with Gasteiger partial charge >= 0.3 is 0 Å². The van der Waals surface area contributed by atoms with Crippen molar-refractivity contribution < 1.29 is 0 Å². The second-order valence-electron chi connectivity index (χ2n) is 8.24. The van der Waals surface area contributed by atoms with Crippen LogP contribution in [-0.2, 0) is 13.0 Å². The smallest absolute Gasteiger partial charge is 0.0299 e. The topological polar surface area (TPSA) is 16.1 Å².